The number of fused-ring (bicyclic) bond motifs is 1. The Morgan fingerprint density at radius 1 is 1.06 bits per heavy atom. The van der Waals surface area contributed by atoms with Gasteiger partial charge in [-0.05, 0) is 30.3 Å². The predicted molar refractivity (Wildman–Crippen MR) is 116 cm³/mol. The minimum absolute atomic E-state index is 0.218. The van der Waals surface area contributed by atoms with Gasteiger partial charge in [-0.3, -0.25) is 9.78 Å². The summed E-state index contributed by atoms with van der Waals surface area (Å²) in [6.07, 6.45) is 5.87. The molecule has 4 N–H and O–H groups in total. The third-order valence-corrected chi connectivity index (χ3v) is 4.63. The molecule has 3 heterocycles. The van der Waals surface area contributed by atoms with Crippen molar-refractivity contribution in [2.75, 3.05) is 23.5 Å². The second-order valence-electron chi connectivity index (χ2n) is 6.71. The second kappa shape index (κ2) is 8.11. The molecule has 1 aromatic carbocycles. The number of carbonyl (C=O) groups is 2. The molecule has 0 spiro atoms. The first-order chi connectivity index (χ1) is 15.0. The van der Waals surface area contributed by atoms with E-state index < -0.39 is 6.03 Å². The van der Waals surface area contributed by atoms with Gasteiger partial charge in [0, 0.05) is 30.7 Å². The van der Waals surface area contributed by atoms with Gasteiger partial charge in [-0.1, -0.05) is 0 Å². The Morgan fingerprint density at radius 3 is 2.55 bits per heavy atom. The number of aryl methyl sites for hydroxylation is 1. The summed E-state index contributed by atoms with van der Waals surface area (Å²) in [5, 5.41) is 5.85. The number of urea groups is 1. The van der Waals surface area contributed by atoms with Crippen LogP contribution in [0.2, 0.25) is 0 Å². The number of nitrogen functional groups attached to an aromatic ring is 1. The molecule has 156 valence electrons. The third-order valence-electron chi connectivity index (χ3n) is 4.63. The van der Waals surface area contributed by atoms with E-state index in [0.717, 1.165) is 0 Å². The summed E-state index contributed by atoms with van der Waals surface area (Å²) in [7, 11) is 3.33. The fraction of sp³-hybridized carbons (Fsp3) is 0.0952. The molecule has 0 saturated heterocycles. The largest absolute Gasteiger partial charge is 0.497 e. The standard InChI is InChI=1S/C21H19N7O3/c1-28-10-16(17-19(22)24-11-25-20(17)28)18(29)12-7-14(9-23-8-12)27-21(30)26-13-3-5-15(31-2)6-4-13/h3-11H,1-2H3,(H2,22,24,25)(H2,26,27,30). The Labute approximate surface area is 177 Å². The van der Waals surface area contributed by atoms with Crippen LogP contribution >= 0.6 is 0 Å². The van der Waals surface area contributed by atoms with E-state index in [1.807, 2.05) is 0 Å². The first-order valence-corrected chi connectivity index (χ1v) is 9.23. The number of hydrogen-bond donors (Lipinski definition) is 3. The van der Waals surface area contributed by atoms with E-state index in [1.165, 1.54) is 18.7 Å². The SMILES string of the molecule is COc1ccc(NC(=O)Nc2cncc(C(=O)c3cn(C)c4ncnc(N)c34)c2)cc1. The normalized spacial score (nSPS) is 10.6. The zero-order chi connectivity index (χ0) is 22.0. The van der Waals surface area contributed by atoms with E-state index >= 15 is 0 Å². The zero-order valence-corrected chi connectivity index (χ0v) is 16.8. The monoisotopic (exact) mass is 417 g/mol. The molecule has 0 aliphatic heterocycles. The fourth-order valence-electron chi connectivity index (χ4n) is 3.16. The molecule has 0 atom stereocenters. The lowest BCUT2D eigenvalue weighted by Crippen LogP contribution is -2.19. The molecule has 2 amide bonds. The highest BCUT2D eigenvalue weighted by Gasteiger charge is 2.20. The fourth-order valence-corrected chi connectivity index (χ4v) is 3.16. The van der Waals surface area contributed by atoms with Gasteiger partial charge in [0.05, 0.1) is 29.9 Å². The first kappa shape index (κ1) is 19.8. The number of methoxy groups -OCH3 is 1. The third kappa shape index (κ3) is 3.99. The van der Waals surface area contributed by atoms with E-state index in [0.29, 0.717) is 33.7 Å². The van der Waals surface area contributed by atoms with Crippen molar-refractivity contribution >= 4 is 40.0 Å². The highest BCUT2D eigenvalue weighted by Crippen LogP contribution is 2.26. The number of ketones is 1. The molecule has 0 aliphatic carbocycles. The Bertz CT molecular complexity index is 1280. The van der Waals surface area contributed by atoms with Gasteiger partial charge in [0.15, 0.2) is 5.78 Å². The van der Waals surface area contributed by atoms with E-state index in [-0.39, 0.29) is 17.2 Å². The number of nitrogens with two attached hydrogens (primary N) is 1. The number of hydrogen-bond acceptors (Lipinski definition) is 7. The van der Waals surface area contributed by atoms with Gasteiger partial charge in [0.2, 0.25) is 0 Å². The summed E-state index contributed by atoms with van der Waals surface area (Å²) in [6.45, 7) is 0. The smallest absolute Gasteiger partial charge is 0.323 e. The maximum atomic E-state index is 13.1. The Morgan fingerprint density at radius 2 is 1.81 bits per heavy atom. The molecule has 10 heteroatoms. The summed E-state index contributed by atoms with van der Waals surface area (Å²) in [6, 6.07) is 7.96. The topological polar surface area (TPSA) is 137 Å². The minimum atomic E-state index is -0.473. The second-order valence-corrected chi connectivity index (χ2v) is 6.71. The van der Waals surface area contributed by atoms with Gasteiger partial charge in [0.25, 0.3) is 0 Å². The molecule has 10 nitrogen and oxygen atoms in total. The molecule has 0 bridgehead atoms. The van der Waals surface area contributed by atoms with Gasteiger partial charge < -0.3 is 25.7 Å². The van der Waals surface area contributed by atoms with Gasteiger partial charge in [-0.15, -0.1) is 0 Å². The maximum Gasteiger partial charge on any atom is 0.323 e. The lowest BCUT2D eigenvalue weighted by atomic mass is 10.1. The Kier molecular flexibility index (Phi) is 5.19. The van der Waals surface area contributed by atoms with Crippen LogP contribution in [0.25, 0.3) is 11.0 Å². The minimum Gasteiger partial charge on any atom is -0.497 e. The average Bonchev–Trinajstić information content (AvgIpc) is 3.12. The Balaban J connectivity index is 1.54. The number of nitrogens with one attached hydrogen (secondary N) is 2. The lowest BCUT2D eigenvalue weighted by molar-refractivity contribution is 0.103. The van der Waals surface area contributed by atoms with E-state index in [9.17, 15) is 9.59 Å². The van der Waals surface area contributed by atoms with Gasteiger partial charge in [0.1, 0.15) is 23.5 Å². The van der Waals surface area contributed by atoms with Gasteiger partial charge in [-0.2, -0.15) is 0 Å². The first-order valence-electron chi connectivity index (χ1n) is 9.23. The highest BCUT2D eigenvalue weighted by molar-refractivity contribution is 6.18. The average molecular weight is 417 g/mol. The predicted octanol–water partition coefficient (Wildman–Crippen LogP) is 2.83. The van der Waals surface area contributed by atoms with Crippen LogP contribution in [0, 0.1) is 0 Å². The quantitative estimate of drug-likeness (QED) is 0.425. The maximum absolute atomic E-state index is 13.1. The van der Waals surface area contributed by atoms with Gasteiger partial charge in [-0.25, -0.2) is 14.8 Å². The number of benzene rings is 1. The number of aromatic nitrogens is 4. The zero-order valence-electron chi connectivity index (χ0n) is 16.8. The van der Waals surface area contributed by atoms with E-state index in [4.69, 9.17) is 10.5 Å². The highest BCUT2D eigenvalue weighted by atomic mass is 16.5. The van der Waals surface area contributed by atoms with Crippen LogP contribution in [0.4, 0.5) is 22.0 Å². The molecular formula is C21H19N7O3. The lowest BCUT2D eigenvalue weighted by Gasteiger charge is -2.09. The van der Waals surface area contributed by atoms with Crippen molar-refractivity contribution in [3.8, 4) is 5.75 Å². The van der Waals surface area contributed by atoms with Crippen LogP contribution in [0.1, 0.15) is 15.9 Å². The number of rotatable bonds is 5. The van der Waals surface area contributed by atoms with Crippen molar-refractivity contribution < 1.29 is 14.3 Å². The molecule has 0 fully saturated rings. The van der Waals surface area contributed by atoms with Crippen LogP contribution in [-0.4, -0.2) is 38.4 Å². The van der Waals surface area contributed by atoms with Crippen molar-refractivity contribution in [1.82, 2.24) is 19.5 Å². The summed E-state index contributed by atoms with van der Waals surface area (Å²) < 4.78 is 6.80. The summed E-state index contributed by atoms with van der Waals surface area (Å²) in [4.78, 5) is 37.6. The van der Waals surface area contributed by atoms with Crippen LogP contribution in [-0.2, 0) is 7.05 Å². The Hall–Kier alpha value is -4.47. The van der Waals surface area contributed by atoms with Crippen LogP contribution < -0.4 is 21.1 Å². The van der Waals surface area contributed by atoms with E-state index in [2.05, 4.69) is 25.6 Å². The van der Waals surface area contributed by atoms with Crippen molar-refractivity contribution in [2.24, 2.45) is 7.05 Å². The van der Waals surface area contributed by atoms with Crippen molar-refractivity contribution in [2.45, 2.75) is 0 Å². The number of amides is 2. The molecule has 0 unspecified atom stereocenters. The molecule has 4 aromatic rings. The van der Waals surface area contributed by atoms with Crippen LogP contribution in [0.3, 0.4) is 0 Å². The summed E-state index contributed by atoms with van der Waals surface area (Å²) >= 11 is 0. The van der Waals surface area contributed by atoms with Crippen molar-refractivity contribution in [1.29, 1.82) is 0 Å². The molecule has 4 rings (SSSR count). The van der Waals surface area contributed by atoms with Gasteiger partial charge >= 0.3 is 6.03 Å². The van der Waals surface area contributed by atoms with Crippen molar-refractivity contribution in [3.63, 3.8) is 0 Å². The molecule has 0 saturated carbocycles. The number of pyridine rings is 1. The van der Waals surface area contributed by atoms with Crippen LogP contribution in [0.5, 0.6) is 5.75 Å². The number of ether oxygens (including phenoxy) is 1. The molecule has 0 aliphatic rings. The summed E-state index contributed by atoms with van der Waals surface area (Å²) in [5.74, 6) is 0.592. The van der Waals surface area contributed by atoms with Crippen LogP contribution in [0.15, 0.2) is 55.2 Å². The van der Waals surface area contributed by atoms with E-state index in [1.54, 1.807) is 55.3 Å². The number of carbonyl (C=O) groups excluding carboxylic acids is 2. The summed E-state index contributed by atoms with van der Waals surface area (Å²) in [5.41, 5.74) is 8.12. The van der Waals surface area contributed by atoms with Crippen molar-refractivity contribution in [3.05, 3.63) is 66.4 Å². The number of nitrogens with zero attached hydrogens (tertiary/aromatic N) is 4. The molecule has 31 heavy (non-hydrogen) atoms. The molecule has 3 aromatic heterocycles. The molecule has 0 radical (unpaired) electrons. The molecular weight excluding hydrogens is 398 g/mol. The number of anilines is 3.